The summed E-state index contributed by atoms with van der Waals surface area (Å²) in [4.78, 5) is 0. The normalized spacial score (nSPS) is 13.4. The maximum atomic E-state index is 11.5. The Morgan fingerprint density at radius 1 is 0.595 bits per heavy atom. The lowest BCUT2D eigenvalue weighted by atomic mass is 9.71. The third-order valence-electron chi connectivity index (χ3n) is 8.22. The lowest BCUT2D eigenvalue weighted by Gasteiger charge is -2.33. The van der Waals surface area contributed by atoms with Gasteiger partial charge in [-0.3, -0.25) is 0 Å². The molecule has 0 aliphatic rings. The van der Waals surface area contributed by atoms with Crippen molar-refractivity contribution in [2.75, 3.05) is 0 Å². The first kappa shape index (κ1) is 29.7. The van der Waals surface area contributed by atoms with Crippen LogP contribution in [0.25, 0.3) is 44.3 Å². The molecule has 0 unspecified atom stereocenters. The SMILES string of the molecule is Cc1ccc(O)c(-c2cc(C(C)(C)CC(C)(C)C)c3n[nH]nc3c2)c1-c1cc(C(C)(C)CC(C)(C)C)c2n[nH]nc2c1. The number of aromatic nitrogens is 6. The molecule has 5 aromatic rings. The topological polar surface area (TPSA) is 103 Å². The Morgan fingerprint density at radius 3 is 1.45 bits per heavy atom. The molecule has 2 aromatic heterocycles. The molecule has 42 heavy (non-hydrogen) atoms. The molecule has 0 bridgehead atoms. The zero-order chi connectivity index (χ0) is 30.8. The van der Waals surface area contributed by atoms with E-state index in [0.717, 1.165) is 73.9 Å². The molecule has 0 spiro atoms. The quantitative estimate of drug-likeness (QED) is 0.190. The lowest BCUT2D eigenvalue weighted by Crippen LogP contribution is -2.25. The van der Waals surface area contributed by atoms with E-state index >= 15 is 0 Å². The summed E-state index contributed by atoms with van der Waals surface area (Å²) >= 11 is 0. The highest BCUT2D eigenvalue weighted by Crippen LogP contribution is 2.47. The number of phenols is 1. The van der Waals surface area contributed by atoms with Crippen LogP contribution in [0.1, 0.15) is 98.8 Å². The van der Waals surface area contributed by atoms with Gasteiger partial charge in [-0.25, -0.2) is 0 Å². The van der Waals surface area contributed by atoms with Crippen molar-refractivity contribution in [1.82, 2.24) is 30.8 Å². The number of aromatic hydroxyl groups is 1. The molecule has 0 aliphatic carbocycles. The summed E-state index contributed by atoms with van der Waals surface area (Å²) in [5.74, 6) is 0.230. The fourth-order valence-corrected chi connectivity index (χ4v) is 7.42. The van der Waals surface area contributed by atoms with Crippen molar-refractivity contribution in [3.05, 3.63) is 53.1 Å². The van der Waals surface area contributed by atoms with Crippen molar-refractivity contribution in [2.45, 2.75) is 99.8 Å². The van der Waals surface area contributed by atoms with Crippen molar-refractivity contribution in [3.8, 4) is 28.0 Å². The van der Waals surface area contributed by atoms with Gasteiger partial charge in [-0.2, -0.15) is 30.8 Å². The van der Waals surface area contributed by atoms with Gasteiger partial charge in [0.2, 0.25) is 0 Å². The van der Waals surface area contributed by atoms with E-state index in [4.69, 9.17) is 0 Å². The fourth-order valence-electron chi connectivity index (χ4n) is 7.42. The van der Waals surface area contributed by atoms with Gasteiger partial charge in [0.1, 0.15) is 27.8 Å². The largest absolute Gasteiger partial charge is 0.507 e. The second-order valence-electron chi connectivity index (χ2n) is 15.8. The Balaban J connectivity index is 1.78. The first-order valence-electron chi connectivity index (χ1n) is 14.9. The predicted octanol–water partition coefficient (Wildman–Crippen LogP) is 9.00. The van der Waals surface area contributed by atoms with E-state index in [0.29, 0.717) is 0 Å². The number of hydrogen-bond donors (Lipinski definition) is 3. The van der Waals surface area contributed by atoms with Gasteiger partial charge < -0.3 is 5.11 Å². The van der Waals surface area contributed by atoms with Crippen LogP contribution in [0, 0.1) is 17.8 Å². The standard InChI is InChI=1S/C35H46N6O/c1-20-12-13-27(42)29(22-15-24(31-26(17-22)37-41-39-31)35(10,11)19-33(5,6)7)28(20)21-14-23(30-25(16-21)36-40-38-30)34(8,9)18-32(2,3)4/h12-17,42H,18-19H2,1-11H3,(H,36,38,40)(H,37,39,41). The summed E-state index contributed by atoms with van der Waals surface area (Å²) in [5.41, 5.74) is 10.3. The summed E-state index contributed by atoms with van der Waals surface area (Å²) in [6.07, 6.45) is 1.94. The Morgan fingerprint density at radius 2 is 1.02 bits per heavy atom. The van der Waals surface area contributed by atoms with E-state index in [1.165, 1.54) is 0 Å². The number of aromatic amines is 2. The molecule has 0 saturated carbocycles. The highest BCUT2D eigenvalue weighted by molar-refractivity contribution is 5.96. The number of aryl methyl sites for hydroxylation is 1. The molecule has 3 N–H and O–H groups in total. The first-order valence-corrected chi connectivity index (χ1v) is 14.9. The summed E-state index contributed by atoms with van der Waals surface area (Å²) in [6, 6.07) is 12.3. The second kappa shape index (κ2) is 9.92. The van der Waals surface area contributed by atoms with E-state index in [-0.39, 0.29) is 27.4 Å². The Kier molecular flexibility index (Phi) is 7.03. The molecule has 7 nitrogen and oxygen atoms in total. The van der Waals surface area contributed by atoms with Gasteiger partial charge in [0, 0.05) is 5.56 Å². The molecule has 0 amide bonds. The molecule has 0 saturated heterocycles. The number of nitrogens with one attached hydrogen (secondary N) is 2. The molecule has 2 heterocycles. The zero-order valence-electron chi connectivity index (χ0n) is 27.1. The van der Waals surface area contributed by atoms with E-state index in [1.807, 2.05) is 12.1 Å². The number of rotatable bonds is 6. The van der Waals surface area contributed by atoms with Crippen LogP contribution in [0.4, 0.5) is 0 Å². The number of phenolic OH excluding ortho intramolecular Hbond substituents is 1. The number of H-pyrrole nitrogens is 2. The van der Waals surface area contributed by atoms with Gasteiger partial charge >= 0.3 is 0 Å². The van der Waals surface area contributed by atoms with Gasteiger partial charge in [0.15, 0.2) is 0 Å². The molecular formula is C35H46N6O. The molecule has 5 rings (SSSR count). The van der Waals surface area contributed by atoms with Crippen molar-refractivity contribution < 1.29 is 5.11 Å². The third-order valence-corrected chi connectivity index (χ3v) is 8.22. The minimum Gasteiger partial charge on any atom is -0.507 e. The average molecular weight is 567 g/mol. The van der Waals surface area contributed by atoms with E-state index in [2.05, 4.69) is 125 Å². The number of benzene rings is 3. The first-order chi connectivity index (χ1) is 19.4. The van der Waals surface area contributed by atoms with Gasteiger partial charge in [0.05, 0.1) is 0 Å². The molecule has 0 radical (unpaired) electrons. The summed E-state index contributed by atoms with van der Waals surface area (Å²) < 4.78 is 0. The van der Waals surface area contributed by atoms with Crippen LogP contribution in [0.5, 0.6) is 5.75 Å². The smallest absolute Gasteiger partial charge is 0.124 e. The van der Waals surface area contributed by atoms with Gasteiger partial charge in [0.25, 0.3) is 0 Å². The van der Waals surface area contributed by atoms with Crippen molar-refractivity contribution in [1.29, 1.82) is 0 Å². The average Bonchev–Trinajstić information content (AvgIpc) is 3.50. The van der Waals surface area contributed by atoms with Crippen LogP contribution >= 0.6 is 0 Å². The molecular weight excluding hydrogens is 520 g/mol. The highest BCUT2D eigenvalue weighted by Gasteiger charge is 2.33. The second-order valence-corrected chi connectivity index (χ2v) is 15.8. The summed E-state index contributed by atoms with van der Waals surface area (Å²) in [7, 11) is 0. The predicted molar refractivity (Wildman–Crippen MR) is 173 cm³/mol. The zero-order valence-corrected chi connectivity index (χ0v) is 27.1. The number of fused-ring (bicyclic) bond motifs is 2. The number of hydrogen-bond acceptors (Lipinski definition) is 5. The molecule has 0 fully saturated rings. The monoisotopic (exact) mass is 566 g/mol. The fraction of sp³-hybridized carbons (Fsp3) is 0.486. The van der Waals surface area contributed by atoms with Crippen molar-refractivity contribution >= 4 is 22.1 Å². The molecule has 3 aromatic carbocycles. The minimum absolute atomic E-state index is 0.120. The van der Waals surface area contributed by atoms with E-state index < -0.39 is 0 Å². The van der Waals surface area contributed by atoms with Gasteiger partial charge in [-0.05, 0) is 105 Å². The minimum atomic E-state index is -0.174. The van der Waals surface area contributed by atoms with Crippen LogP contribution < -0.4 is 0 Å². The third kappa shape index (κ3) is 5.66. The number of nitrogens with zero attached hydrogens (tertiary/aromatic N) is 4. The maximum Gasteiger partial charge on any atom is 0.124 e. The molecule has 0 aliphatic heterocycles. The summed E-state index contributed by atoms with van der Waals surface area (Å²) in [5, 5.41) is 35.3. The molecule has 7 heteroatoms. The van der Waals surface area contributed by atoms with E-state index in [9.17, 15) is 5.11 Å². The summed E-state index contributed by atoms with van der Waals surface area (Å²) in [6.45, 7) is 24.8. The Bertz CT molecular complexity index is 1640. The molecule has 222 valence electrons. The van der Waals surface area contributed by atoms with Gasteiger partial charge in [-0.15, -0.1) is 0 Å². The lowest BCUT2D eigenvalue weighted by molar-refractivity contribution is 0.285. The van der Waals surface area contributed by atoms with Crippen LogP contribution in [0.3, 0.4) is 0 Å². The van der Waals surface area contributed by atoms with Crippen molar-refractivity contribution in [3.63, 3.8) is 0 Å². The Labute approximate surface area is 249 Å². The highest BCUT2D eigenvalue weighted by atomic mass is 16.3. The Hall–Kier alpha value is -3.74. The van der Waals surface area contributed by atoms with Crippen molar-refractivity contribution in [2.24, 2.45) is 10.8 Å². The maximum absolute atomic E-state index is 11.5. The van der Waals surface area contributed by atoms with Crippen LogP contribution in [0.2, 0.25) is 0 Å². The van der Waals surface area contributed by atoms with E-state index in [1.54, 1.807) is 6.07 Å². The van der Waals surface area contributed by atoms with Crippen LogP contribution in [0.15, 0.2) is 36.4 Å². The van der Waals surface area contributed by atoms with Crippen LogP contribution in [-0.4, -0.2) is 35.9 Å². The van der Waals surface area contributed by atoms with Crippen LogP contribution in [-0.2, 0) is 10.8 Å². The molecule has 0 atom stereocenters. The van der Waals surface area contributed by atoms with Gasteiger partial charge in [-0.1, -0.05) is 75.3 Å².